The molecule has 0 radical (unpaired) electrons. The first-order valence-electron chi connectivity index (χ1n) is 5.08. The van der Waals surface area contributed by atoms with E-state index in [0.717, 1.165) is 6.54 Å². The van der Waals surface area contributed by atoms with Crippen molar-refractivity contribution >= 4 is 10.0 Å². The Hall–Kier alpha value is -1.05. The zero-order chi connectivity index (χ0) is 11.9. The van der Waals surface area contributed by atoms with Crippen LogP contribution in [0, 0.1) is 0 Å². The van der Waals surface area contributed by atoms with Gasteiger partial charge in [-0.15, -0.1) is 0 Å². The van der Waals surface area contributed by atoms with Crippen molar-refractivity contribution in [2.24, 2.45) is 0 Å². The Balaban J connectivity index is 2.36. The summed E-state index contributed by atoms with van der Waals surface area (Å²) in [6.07, 6.45) is 1.54. The van der Waals surface area contributed by atoms with Gasteiger partial charge >= 0.3 is 0 Å². The van der Waals surface area contributed by atoms with Crippen molar-refractivity contribution in [3.8, 4) is 0 Å². The first-order chi connectivity index (χ1) is 7.64. The molecule has 0 unspecified atom stereocenters. The molecule has 0 fully saturated rings. The Labute approximate surface area is 95.5 Å². The Morgan fingerprint density at radius 3 is 2.88 bits per heavy atom. The summed E-state index contributed by atoms with van der Waals surface area (Å²) in [5.41, 5.74) is 0.606. The van der Waals surface area contributed by atoms with Gasteiger partial charge in [0.2, 0.25) is 10.0 Å². The summed E-state index contributed by atoms with van der Waals surface area (Å²) in [7, 11) is -3.23. The molecule has 7 heteroatoms. The highest BCUT2D eigenvalue weighted by Crippen LogP contribution is 1.92. The van der Waals surface area contributed by atoms with E-state index in [2.05, 4.69) is 20.2 Å². The molecule has 1 aromatic rings. The van der Waals surface area contributed by atoms with E-state index in [4.69, 9.17) is 0 Å². The predicted molar refractivity (Wildman–Crippen MR) is 61.2 cm³/mol. The van der Waals surface area contributed by atoms with Gasteiger partial charge in [-0.3, -0.25) is 0 Å². The number of aromatic nitrogens is 2. The van der Waals surface area contributed by atoms with Crippen LogP contribution in [0.1, 0.15) is 12.6 Å². The summed E-state index contributed by atoms with van der Waals surface area (Å²) in [5.74, 6) is 0.0705. The second kappa shape index (κ2) is 6.51. The normalized spacial score (nSPS) is 11.6. The van der Waals surface area contributed by atoms with Gasteiger partial charge in [0.05, 0.1) is 18.0 Å². The van der Waals surface area contributed by atoms with Crippen LogP contribution < -0.4 is 10.0 Å². The molecule has 0 saturated heterocycles. The van der Waals surface area contributed by atoms with Crippen molar-refractivity contribution in [1.82, 2.24) is 20.2 Å². The van der Waals surface area contributed by atoms with Gasteiger partial charge in [0.15, 0.2) is 0 Å². The smallest absolute Gasteiger partial charge is 0.213 e. The summed E-state index contributed by atoms with van der Waals surface area (Å²) >= 11 is 0. The maximum absolute atomic E-state index is 11.5. The lowest BCUT2D eigenvalue weighted by Gasteiger charge is -2.05. The SMILES string of the molecule is CCNCCS(=O)(=O)NCc1cccnn1. The Morgan fingerprint density at radius 2 is 2.25 bits per heavy atom. The van der Waals surface area contributed by atoms with E-state index in [1.54, 1.807) is 18.3 Å². The highest BCUT2D eigenvalue weighted by molar-refractivity contribution is 7.89. The average Bonchev–Trinajstić information content (AvgIpc) is 2.28. The summed E-state index contributed by atoms with van der Waals surface area (Å²) in [6, 6.07) is 3.44. The van der Waals surface area contributed by atoms with E-state index in [9.17, 15) is 8.42 Å². The molecule has 0 saturated carbocycles. The Kier molecular flexibility index (Phi) is 5.30. The van der Waals surface area contributed by atoms with Crippen molar-refractivity contribution in [3.05, 3.63) is 24.0 Å². The highest BCUT2D eigenvalue weighted by atomic mass is 32.2. The number of rotatable bonds is 7. The van der Waals surface area contributed by atoms with Crippen LogP contribution in [0.4, 0.5) is 0 Å². The molecule has 1 rings (SSSR count). The van der Waals surface area contributed by atoms with Crippen LogP contribution in [0.2, 0.25) is 0 Å². The monoisotopic (exact) mass is 244 g/mol. The summed E-state index contributed by atoms with van der Waals surface area (Å²) in [4.78, 5) is 0. The summed E-state index contributed by atoms with van der Waals surface area (Å²) < 4.78 is 25.4. The van der Waals surface area contributed by atoms with E-state index in [-0.39, 0.29) is 12.3 Å². The molecule has 0 aliphatic rings. The average molecular weight is 244 g/mol. The third kappa shape index (κ3) is 5.15. The number of nitrogens with one attached hydrogen (secondary N) is 2. The second-order valence-corrected chi connectivity index (χ2v) is 5.13. The minimum Gasteiger partial charge on any atom is -0.316 e. The lowest BCUT2D eigenvalue weighted by atomic mass is 10.4. The van der Waals surface area contributed by atoms with Crippen molar-refractivity contribution < 1.29 is 8.42 Å². The Morgan fingerprint density at radius 1 is 1.44 bits per heavy atom. The third-order valence-corrected chi connectivity index (χ3v) is 3.22. The van der Waals surface area contributed by atoms with Crippen LogP contribution in [0.3, 0.4) is 0 Å². The van der Waals surface area contributed by atoms with Crippen molar-refractivity contribution in [3.63, 3.8) is 0 Å². The number of sulfonamides is 1. The number of nitrogens with zero attached hydrogens (tertiary/aromatic N) is 2. The summed E-state index contributed by atoms with van der Waals surface area (Å²) in [6.45, 7) is 3.33. The third-order valence-electron chi connectivity index (χ3n) is 1.90. The van der Waals surface area contributed by atoms with E-state index in [0.29, 0.717) is 12.2 Å². The summed E-state index contributed by atoms with van der Waals surface area (Å²) in [5, 5.41) is 10.4. The molecule has 0 aliphatic heterocycles. The van der Waals surface area contributed by atoms with Gasteiger partial charge in [-0.05, 0) is 18.7 Å². The van der Waals surface area contributed by atoms with Crippen LogP contribution in [-0.4, -0.2) is 37.5 Å². The van der Waals surface area contributed by atoms with Crippen LogP contribution in [0.25, 0.3) is 0 Å². The van der Waals surface area contributed by atoms with Gasteiger partial charge in [-0.25, -0.2) is 13.1 Å². The fraction of sp³-hybridized carbons (Fsp3) is 0.556. The lowest BCUT2D eigenvalue weighted by Crippen LogP contribution is -2.31. The van der Waals surface area contributed by atoms with Crippen molar-refractivity contribution in [2.45, 2.75) is 13.5 Å². The minimum atomic E-state index is -3.23. The van der Waals surface area contributed by atoms with Crippen LogP contribution in [-0.2, 0) is 16.6 Å². The number of hydrogen-bond donors (Lipinski definition) is 2. The van der Waals surface area contributed by atoms with E-state index < -0.39 is 10.0 Å². The van der Waals surface area contributed by atoms with Gasteiger partial charge in [-0.1, -0.05) is 6.92 Å². The maximum Gasteiger partial charge on any atom is 0.213 e. The zero-order valence-electron chi connectivity index (χ0n) is 9.18. The molecule has 0 atom stereocenters. The maximum atomic E-state index is 11.5. The molecule has 1 heterocycles. The van der Waals surface area contributed by atoms with Crippen LogP contribution >= 0.6 is 0 Å². The minimum absolute atomic E-state index is 0.0705. The molecule has 0 aliphatic carbocycles. The van der Waals surface area contributed by atoms with Gasteiger partial charge in [0.1, 0.15) is 0 Å². The van der Waals surface area contributed by atoms with Gasteiger partial charge in [-0.2, -0.15) is 10.2 Å². The van der Waals surface area contributed by atoms with Crippen molar-refractivity contribution in [2.75, 3.05) is 18.8 Å². The standard InChI is InChI=1S/C9H16N4O2S/c1-2-10-6-7-16(14,15)12-8-9-4-3-5-11-13-9/h3-5,10,12H,2,6-8H2,1H3. The lowest BCUT2D eigenvalue weighted by molar-refractivity contribution is 0.576. The van der Waals surface area contributed by atoms with Gasteiger partial charge in [0.25, 0.3) is 0 Å². The van der Waals surface area contributed by atoms with E-state index >= 15 is 0 Å². The topological polar surface area (TPSA) is 84.0 Å². The number of hydrogen-bond acceptors (Lipinski definition) is 5. The van der Waals surface area contributed by atoms with Crippen LogP contribution in [0.15, 0.2) is 18.3 Å². The van der Waals surface area contributed by atoms with Gasteiger partial charge in [0, 0.05) is 12.7 Å². The molecule has 0 bridgehead atoms. The molecule has 6 nitrogen and oxygen atoms in total. The molecule has 90 valence electrons. The largest absolute Gasteiger partial charge is 0.316 e. The van der Waals surface area contributed by atoms with Gasteiger partial charge < -0.3 is 5.32 Å². The fourth-order valence-corrected chi connectivity index (χ4v) is 1.99. The molecule has 2 N–H and O–H groups in total. The quantitative estimate of drug-likeness (QED) is 0.632. The molecule has 1 aromatic heterocycles. The molecular weight excluding hydrogens is 228 g/mol. The molecule has 0 aromatic carbocycles. The van der Waals surface area contributed by atoms with E-state index in [1.807, 2.05) is 6.92 Å². The highest BCUT2D eigenvalue weighted by Gasteiger charge is 2.09. The molecule has 16 heavy (non-hydrogen) atoms. The Bertz CT molecular complexity index is 393. The first kappa shape index (κ1) is 13.0. The first-order valence-corrected chi connectivity index (χ1v) is 6.74. The molecule has 0 spiro atoms. The predicted octanol–water partition coefficient (Wildman–Crippen LogP) is -0.494. The molecular formula is C9H16N4O2S. The van der Waals surface area contributed by atoms with E-state index in [1.165, 1.54) is 0 Å². The van der Waals surface area contributed by atoms with Crippen molar-refractivity contribution in [1.29, 1.82) is 0 Å². The second-order valence-electron chi connectivity index (χ2n) is 3.21. The fourth-order valence-electron chi connectivity index (χ4n) is 1.07. The zero-order valence-corrected chi connectivity index (χ0v) is 10.00. The van der Waals surface area contributed by atoms with Crippen LogP contribution in [0.5, 0.6) is 0 Å². The molecule has 0 amide bonds.